The molecule has 0 saturated carbocycles. The first-order chi connectivity index (χ1) is 9.03. The molecule has 1 aromatic carbocycles. The first-order valence-corrected chi connectivity index (χ1v) is 6.40. The van der Waals surface area contributed by atoms with Crippen molar-refractivity contribution in [1.82, 2.24) is 4.98 Å². The highest BCUT2D eigenvalue weighted by molar-refractivity contribution is 7.98. The summed E-state index contributed by atoms with van der Waals surface area (Å²) in [5.41, 5.74) is 0.908. The van der Waals surface area contributed by atoms with Crippen LogP contribution in [0.2, 0.25) is 0 Å². The molecule has 2 aromatic rings. The zero-order valence-corrected chi connectivity index (χ0v) is 10.5. The number of hydrogen-bond acceptors (Lipinski definition) is 3. The molecule has 19 heavy (non-hydrogen) atoms. The minimum atomic E-state index is -4.65. The largest absolute Gasteiger partial charge is 0.573 e. The molecular weight excluding hydrogens is 275 g/mol. The molecule has 1 aromatic heterocycles. The Morgan fingerprint density at radius 1 is 1.05 bits per heavy atom. The zero-order chi connectivity index (χ0) is 13.7. The Morgan fingerprint density at radius 2 is 1.79 bits per heavy atom. The Kier molecular flexibility index (Phi) is 4.31. The molecule has 0 fully saturated rings. The third-order valence-electron chi connectivity index (χ3n) is 2.18. The zero-order valence-electron chi connectivity index (χ0n) is 9.72. The first kappa shape index (κ1) is 13.7. The van der Waals surface area contributed by atoms with E-state index in [-0.39, 0.29) is 5.75 Å². The lowest BCUT2D eigenvalue weighted by Crippen LogP contribution is -2.16. The number of aromatic nitrogens is 1. The van der Waals surface area contributed by atoms with Gasteiger partial charge in [0.25, 0.3) is 0 Å². The van der Waals surface area contributed by atoms with E-state index < -0.39 is 6.36 Å². The van der Waals surface area contributed by atoms with E-state index >= 15 is 0 Å². The van der Waals surface area contributed by atoms with Gasteiger partial charge in [-0.3, -0.25) is 0 Å². The van der Waals surface area contributed by atoms with Crippen molar-refractivity contribution in [1.29, 1.82) is 0 Å². The monoisotopic (exact) mass is 285 g/mol. The van der Waals surface area contributed by atoms with Gasteiger partial charge >= 0.3 is 6.36 Å². The Hall–Kier alpha value is -1.69. The van der Waals surface area contributed by atoms with E-state index in [1.165, 1.54) is 23.9 Å². The number of nitrogens with zero attached hydrogens (tertiary/aromatic N) is 1. The van der Waals surface area contributed by atoms with Crippen LogP contribution in [0.15, 0.2) is 53.7 Å². The molecule has 0 aliphatic carbocycles. The number of pyridine rings is 1. The third kappa shape index (κ3) is 4.82. The van der Waals surface area contributed by atoms with Gasteiger partial charge in [0.1, 0.15) is 5.75 Å². The summed E-state index contributed by atoms with van der Waals surface area (Å²) >= 11 is 1.52. The number of hydrogen-bond donors (Lipinski definition) is 0. The van der Waals surface area contributed by atoms with Gasteiger partial charge in [0.2, 0.25) is 0 Å². The molecule has 0 aliphatic heterocycles. The summed E-state index contributed by atoms with van der Waals surface area (Å²) in [5, 5.41) is 0.873. The van der Waals surface area contributed by atoms with E-state index in [1.54, 1.807) is 18.3 Å². The van der Waals surface area contributed by atoms with Gasteiger partial charge in [-0.05, 0) is 29.8 Å². The molecule has 0 amide bonds. The quantitative estimate of drug-likeness (QED) is 0.783. The van der Waals surface area contributed by atoms with Crippen LogP contribution in [-0.2, 0) is 5.75 Å². The van der Waals surface area contributed by atoms with Gasteiger partial charge in [-0.1, -0.05) is 18.2 Å². The maximum atomic E-state index is 12.0. The molecule has 2 rings (SSSR count). The molecule has 100 valence electrons. The average molecular weight is 285 g/mol. The fraction of sp³-hybridized carbons (Fsp3) is 0.154. The average Bonchev–Trinajstić information content (AvgIpc) is 2.37. The molecule has 0 N–H and O–H groups in total. The SMILES string of the molecule is FC(F)(F)Oc1ccc(CSc2ccccn2)cc1. The van der Waals surface area contributed by atoms with Gasteiger partial charge in [0.05, 0.1) is 5.03 Å². The summed E-state index contributed by atoms with van der Waals surface area (Å²) in [5.74, 6) is 0.433. The predicted octanol–water partition coefficient (Wildman–Crippen LogP) is 4.27. The second-order valence-corrected chi connectivity index (χ2v) is 4.64. The van der Waals surface area contributed by atoms with Crippen molar-refractivity contribution in [3.63, 3.8) is 0 Å². The Morgan fingerprint density at radius 3 is 2.37 bits per heavy atom. The highest BCUT2D eigenvalue weighted by Gasteiger charge is 2.30. The number of rotatable bonds is 4. The highest BCUT2D eigenvalue weighted by Crippen LogP contribution is 2.25. The molecule has 0 bridgehead atoms. The van der Waals surface area contributed by atoms with E-state index in [1.807, 2.05) is 18.2 Å². The molecule has 0 saturated heterocycles. The van der Waals surface area contributed by atoms with Gasteiger partial charge in [0.15, 0.2) is 0 Å². The molecule has 0 aliphatic rings. The third-order valence-corrected chi connectivity index (χ3v) is 3.20. The van der Waals surface area contributed by atoms with Crippen molar-refractivity contribution >= 4 is 11.8 Å². The lowest BCUT2D eigenvalue weighted by molar-refractivity contribution is -0.274. The second kappa shape index (κ2) is 5.97. The number of halogens is 3. The standard InChI is InChI=1S/C13H10F3NOS/c14-13(15,16)18-11-6-4-10(5-7-11)9-19-12-3-1-2-8-17-12/h1-8H,9H2. The van der Waals surface area contributed by atoms with Crippen LogP contribution in [0.25, 0.3) is 0 Å². The molecule has 6 heteroatoms. The lowest BCUT2D eigenvalue weighted by Gasteiger charge is -2.09. The van der Waals surface area contributed by atoms with Crippen molar-refractivity contribution in [3.05, 3.63) is 54.2 Å². The van der Waals surface area contributed by atoms with Crippen LogP contribution < -0.4 is 4.74 Å². The fourth-order valence-electron chi connectivity index (χ4n) is 1.38. The van der Waals surface area contributed by atoms with Crippen molar-refractivity contribution in [2.24, 2.45) is 0 Å². The van der Waals surface area contributed by atoms with Crippen LogP contribution in [-0.4, -0.2) is 11.3 Å². The number of ether oxygens (including phenoxy) is 1. The van der Waals surface area contributed by atoms with Crippen LogP contribution in [0.3, 0.4) is 0 Å². The molecule has 2 nitrogen and oxygen atoms in total. The second-order valence-electron chi connectivity index (χ2n) is 3.65. The summed E-state index contributed by atoms with van der Waals surface area (Å²) in [7, 11) is 0. The minimum absolute atomic E-state index is 0.209. The van der Waals surface area contributed by atoms with Crippen LogP contribution in [0.4, 0.5) is 13.2 Å². The summed E-state index contributed by atoms with van der Waals surface area (Å²) in [6, 6.07) is 11.4. The Labute approximate surface area is 112 Å². The van der Waals surface area contributed by atoms with E-state index in [0.717, 1.165) is 10.6 Å². The lowest BCUT2D eigenvalue weighted by atomic mass is 10.2. The molecular formula is C13H10F3NOS. The van der Waals surface area contributed by atoms with Crippen molar-refractivity contribution in [2.75, 3.05) is 0 Å². The van der Waals surface area contributed by atoms with Crippen LogP contribution in [0.1, 0.15) is 5.56 Å². The fourth-order valence-corrected chi connectivity index (χ4v) is 2.19. The summed E-state index contributed by atoms with van der Waals surface area (Å²) in [6.45, 7) is 0. The van der Waals surface area contributed by atoms with Crippen LogP contribution in [0.5, 0.6) is 5.75 Å². The van der Waals surface area contributed by atoms with Gasteiger partial charge in [-0.25, -0.2) is 4.98 Å². The molecule has 0 radical (unpaired) electrons. The van der Waals surface area contributed by atoms with Crippen molar-refractivity contribution in [3.8, 4) is 5.75 Å². The number of benzene rings is 1. The Balaban J connectivity index is 1.92. The molecule has 0 spiro atoms. The topological polar surface area (TPSA) is 22.1 Å². The van der Waals surface area contributed by atoms with Gasteiger partial charge in [-0.15, -0.1) is 24.9 Å². The molecule has 1 heterocycles. The first-order valence-electron chi connectivity index (χ1n) is 5.41. The van der Waals surface area contributed by atoms with Crippen LogP contribution in [0, 0.1) is 0 Å². The summed E-state index contributed by atoms with van der Waals surface area (Å²) in [6.07, 6.45) is -2.95. The van der Waals surface area contributed by atoms with Gasteiger partial charge in [0, 0.05) is 11.9 Å². The highest BCUT2D eigenvalue weighted by atomic mass is 32.2. The van der Waals surface area contributed by atoms with E-state index in [9.17, 15) is 13.2 Å². The van der Waals surface area contributed by atoms with Crippen molar-refractivity contribution < 1.29 is 17.9 Å². The minimum Gasteiger partial charge on any atom is -0.406 e. The van der Waals surface area contributed by atoms with E-state index in [0.29, 0.717) is 5.75 Å². The molecule has 0 atom stereocenters. The van der Waals surface area contributed by atoms with Crippen LogP contribution >= 0.6 is 11.8 Å². The normalized spacial score (nSPS) is 11.3. The number of alkyl halides is 3. The summed E-state index contributed by atoms with van der Waals surface area (Å²) < 4.78 is 39.7. The summed E-state index contributed by atoms with van der Waals surface area (Å²) in [4.78, 5) is 4.15. The van der Waals surface area contributed by atoms with Gasteiger partial charge in [-0.2, -0.15) is 0 Å². The van der Waals surface area contributed by atoms with E-state index in [4.69, 9.17) is 0 Å². The maximum Gasteiger partial charge on any atom is 0.573 e. The Bertz CT molecular complexity index is 514. The smallest absolute Gasteiger partial charge is 0.406 e. The van der Waals surface area contributed by atoms with E-state index in [2.05, 4.69) is 9.72 Å². The molecule has 0 unspecified atom stereocenters. The van der Waals surface area contributed by atoms with Gasteiger partial charge < -0.3 is 4.74 Å². The predicted molar refractivity (Wildman–Crippen MR) is 66.9 cm³/mol. The number of thioether (sulfide) groups is 1. The van der Waals surface area contributed by atoms with Crippen molar-refractivity contribution in [2.45, 2.75) is 17.1 Å². The maximum absolute atomic E-state index is 12.0.